The summed E-state index contributed by atoms with van der Waals surface area (Å²) < 4.78 is 8.87. The van der Waals surface area contributed by atoms with Gasteiger partial charge in [0.25, 0.3) is 0 Å². The second-order valence-corrected chi connectivity index (χ2v) is 9.83. The van der Waals surface area contributed by atoms with Crippen molar-refractivity contribution in [2.75, 3.05) is 5.32 Å². The van der Waals surface area contributed by atoms with Crippen LogP contribution in [-0.4, -0.2) is 15.4 Å². The van der Waals surface area contributed by atoms with Crippen LogP contribution in [0.4, 0.5) is 5.82 Å². The number of nitrogens with one attached hydrogen (secondary N) is 1. The molecule has 0 amide bonds. The van der Waals surface area contributed by atoms with Crippen molar-refractivity contribution in [2.24, 2.45) is 0 Å². The zero-order valence-electron chi connectivity index (χ0n) is 20.7. The van der Waals surface area contributed by atoms with Crippen molar-refractivity contribution in [3.63, 3.8) is 0 Å². The van der Waals surface area contributed by atoms with Gasteiger partial charge < -0.3 is 10.1 Å². The van der Waals surface area contributed by atoms with E-state index < -0.39 is 0 Å². The number of benzene rings is 3. The van der Waals surface area contributed by atoms with E-state index in [0.717, 1.165) is 46.3 Å². The Labute approximate surface area is 225 Å². The number of nitrogens with zero attached hydrogens (tertiary/aromatic N) is 2. The molecule has 2 aromatic heterocycles. The number of hydrogen-bond donors (Lipinski definition) is 1. The van der Waals surface area contributed by atoms with Gasteiger partial charge in [0.05, 0.1) is 5.56 Å². The molecule has 186 valence electrons. The minimum Gasteiger partial charge on any atom is -0.422 e. The van der Waals surface area contributed by atoms with Gasteiger partial charge in [-0.3, -0.25) is 4.40 Å². The van der Waals surface area contributed by atoms with Gasteiger partial charge in [0.1, 0.15) is 22.9 Å². The van der Waals surface area contributed by atoms with Crippen LogP contribution in [0.5, 0.6) is 5.75 Å². The number of aryl methyl sites for hydroxylation is 1. The van der Waals surface area contributed by atoms with Crippen molar-refractivity contribution in [3.8, 4) is 17.0 Å². The van der Waals surface area contributed by atoms with E-state index in [4.69, 9.17) is 9.72 Å². The maximum Gasteiger partial charge on any atom is 0.343 e. The fourth-order valence-electron chi connectivity index (χ4n) is 4.26. The Morgan fingerprint density at radius 1 is 0.919 bits per heavy atom. The quantitative estimate of drug-likeness (QED) is 0.149. The number of rotatable bonds is 9. The minimum atomic E-state index is -0.389. The summed E-state index contributed by atoms with van der Waals surface area (Å²) >= 11 is 3.57. The second-order valence-electron chi connectivity index (χ2n) is 8.91. The molecule has 6 heteroatoms. The lowest BCUT2D eigenvalue weighted by atomic mass is 10.1. The number of pyridine rings is 1. The van der Waals surface area contributed by atoms with Crippen molar-refractivity contribution in [1.82, 2.24) is 9.38 Å². The Morgan fingerprint density at radius 3 is 2.46 bits per heavy atom. The van der Waals surface area contributed by atoms with Gasteiger partial charge in [-0.1, -0.05) is 67.9 Å². The van der Waals surface area contributed by atoms with Gasteiger partial charge in [0, 0.05) is 22.8 Å². The van der Waals surface area contributed by atoms with Crippen LogP contribution in [0.15, 0.2) is 102 Å². The van der Waals surface area contributed by atoms with Crippen molar-refractivity contribution in [2.45, 2.75) is 32.7 Å². The molecule has 0 radical (unpaired) electrons. The summed E-state index contributed by atoms with van der Waals surface area (Å²) in [6.45, 7) is 2.80. The van der Waals surface area contributed by atoms with Crippen LogP contribution in [-0.2, 0) is 13.0 Å². The van der Waals surface area contributed by atoms with Crippen LogP contribution in [0.1, 0.15) is 41.3 Å². The molecule has 0 fully saturated rings. The van der Waals surface area contributed by atoms with Crippen LogP contribution in [0, 0.1) is 0 Å². The first kappa shape index (κ1) is 24.8. The number of fused-ring (bicyclic) bond motifs is 1. The number of ether oxygens (including phenoxy) is 1. The molecule has 0 atom stereocenters. The van der Waals surface area contributed by atoms with Gasteiger partial charge in [-0.15, -0.1) is 0 Å². The summed E-state index contributed by atoms with van der Waals surface area (Å²) in [5.41, 5.74) is 5.15. The van der Waals surface area contributed by atoms with Crippen LogP contribution in [0.2, 0.25) is 0 Å². The van der Waals surface area contributed by atoms with E-state index in [1.807, 2.05) is 89.5 Å². The van der Waals surface area contributed by atoms with E-state index in [1.165, 1.54) is 5.56 Å². The van der Waals surface area contributed by atoms with E-state index in [2.05, 4.69) is 40.3 Å². The fourth-order valence-corrected chi connectivity index (χ4v) is 4.59. The largest absolute Gasteiger partial charge is 0.422 e. The van der Waals surface area contributed by atoms with Gasteiger partial charge in [-0.25, -0.2) is 9.78 Å². The predicted octanol–water partition coefficient (Wildman–Crippen LogP) is 7.94. The highest BCUT2D eigenvalue weighted by Gasteiger charge is 2.20. The molecular weight excluding hydrogens is 526 g/mol. The monoisotopic (exact) mass is 553 g/mol. The molecule has 0 aliphatic heterocycles. The van der Waals surface area contributed by atoms with Gasteiger partial charge in [0.15, 0.2) is 0 Å². The number of halogens is 1. The maximum atomic E-state index is 13.1. The normalized spacial score (nSPS) is 11.0. The first-order valence-corrected chi connectivity index (χ1v) is 13.3. The number of esters is 1. The summed E-state index contributed by atoms with van der Waals surface area (Å²) in [4.78, 5) is 18.0. The smallest absolute Gasteiger partial charge is 0.343 e. The molecule has 0 aliphatic carbocycles. The van der Waals surface area contributed by atoms with Crippen LogP contribution in [0.3, 0.4) is 0 Å². The fraction of sp³-hybridized carbons (Fsp3) is 0.161. The molecule has 0 bridgehead atoms. The average molecular weight is 554 g/mol. The Hall–Kier alpha value is -3.90. The summed E-state index contributed by atoms with van der Waals surface area (Å²) in [7, 11) is 0. The third-order valence-corrected chi connectivity index (χ3v) is 6.71. The number of aromatic nitrogens is 2. The van der Waals surface area contributed by atoms with Gasteiger partial charge in [-0.05, 0) is 76.3 Å². The summed E-state index contributed by atoms with van der Waals surface area (Å²) in [6, 6.07) is 29.3. The summed E-state index contributed by atoms with van der Waals surface area (Å²) in [6.07, 6.45) is 5.27. The first-order chi connectivity index (χ1) is 18.1. The molecule has 37 heavy (non-hydrogen) atoms. The number of carbonyl (C=O) groups is 1. The standard InChI is InChI=1S/C31H28BrN3O2/c1-2-3-9-22-14-16-24(17-15-22)31(36)37-27-13-8-7-12-26(27)29-30(33-20-23-10-5-4-6-11-23)35-21-25(32)18-19-28(35)34-29/h4-8,10-19,21,33H,2-3,9,20H2,1H3. The van der Waals surface area contributed by atoms with Crippen LogP contribution < -0.4 is 10.1 Å². The SMILES string of the molecule is CCCCc1ccc(C(=O)Oc2ccccc2-c2nc3ccc(Br)cn3c2NCc2ccccc2)cc1. The lowest BCUT2D eigenvalue weighted by Gasteiger charge is -2.12. The zero-order valence-corrected chi connectivity index (χ0v) is 22.2. The van der Waals surface area contributed by atoms with Crippen molar-refractivity contribution in [1.29, 1.82) is 0 Å². The van der Waals surface area contributed by atoms with Crippen molar-refractivity contribution in [3.05, 3.63) is 118 Å². The van der Waals surface area contributed by atoms with Gasteiger partial charge >= 0.3 is 5.97 Å². The Bertz CT molecular complexity index is 1510. The van der Waals surface area contributed by atoms with E-state index in [9.17, 15) is 4.79 Å². The maximum absolute atomic E-state index is 13.1. The molecule has 5 nitrogen and oxygen atoms in total. The van der Waals surface area contributed by atoms with E-state index >= 15 is 0 Å². The molecule has 0 saturated carbocycles. The second kappa shape index (κ2) is 11.4. The summed E-state index contributed by atoms with van der Waals surface area (Å²) in [5.74, 6) is 0.900. The highest BCUT2D eigenvalue weighted by Crippen LogP contribution is 2.36. The molecule has 2 heterocycles. The zero-order chi connectivity index (χ0) is 25.6. The number of carbonyl (C=O) groups excluding carboxylic acids is 1. The van der Waals surface area contributed by atoms with E-state index in [-0.39, 0.29) is 5.97 Å². The number of anilines is 1. The third-order valence-electron chi connectivity index (χ3n) is 6.24. The molecule has 0 spiro atoms. The van der Waals surface area contributed by atoms with Gasteiger partial charge in [0.2, 0.25) is 0 Å². The molecule has 0 aliphatic rings. The number of hydrogen-bond acceptors (Lipinski definition) is 4. The molecular formula is C31H28BrN3O2. The molecule has 1 N–H and O–H groups in total. The lowest BCUT2D eigenvalue weighted by Crippen LogP contribution is -2.09. The molecule has 5 rings (SSSR count). The van der Waals surface area contributed by atoms with Crippen molar-refractivity contribution < 1.29 is 9.53 Å². The van der Waals surface area contributed by atoms with E-state index in [0.29, 0.717) is 23.6 Å². The third kappa shape index (κ3) is 5.75. The molecule has 5 aromatic rings. The number of unbranched alkanes of at least 4 members (excludes halogenated alkanes) is 1. The summed E-state index contributed by atoms with van der Waals surface area (Å²) in [5, 5.41) is 3.55. The van der Waals surface area contributed by atoms with Crippen molar-refractivity contribution >= 4 is 33.4 Å². The number of para-hydroxylation sites is 1. The Kier molecular flexibility index (Phi) is 7.66. The Morgan fingerprint density at radius 2 is 1.68 bits per heavy atom. The number of imidazole rings is 1. The average Bonchev–Trinajstić information content (AvgIpc) is 3.29. The van der Waals surface area contributed by atoms with Crippen LogP contribution >= 0.6 is 15.9 Å². The molecule has 0 saturated heterocycles. The molecule has 3 aromatic carbocycles. The highest BCUT2D eigenvalue weighted by atomic mass is 79.9. The molecule has 0 unspecified atom stereocenters. The minimum absolute atomic E-state index is 0.389. The highest BCUT2D eigenvalue weighted by molar-refractivity contribution is 9.10. The van der Waals surface area contributed by atoms with Gasteiger partial charge in [-0.2, -0.15) is 0 Å². The van der Waals surface area contributed by atoms with Crippen LogP contribution in [0.25, 0.3) is 16.9 Å². The van der Waals surface area contributed by atoms with E-state index in [1.54, 1.807) is 0 Å². The Balaban J connectivity index is 1.47. The first-order valence-electron chi connectivity index (χ1n) is 12.5. The lowest BCUT2D eigenvalue weighted by molar-refractivity contribution is 0.0735. The topological polar surface area (TPSA) is 55.6 Å². The predicted molar refractivity (Wildman–Crippen MR) is 152 cm³/mol.